The molecule has 582 valence electrons. The van der Waals surface area contributed by atoms with Crippen molar-refractivity contribution in [1.82, 2.24) is 50.8 Å². The number of carbonyl (C=O) groups excluding carboxylic acids is 11. The number of primary amides is 1. The Hall–Kier alpha value is -10.7. The van der Waals surface area contributed by atoms with Gasteiger partial charge in [0.1, 0.15) is 36.4 Å². The van der Waals surface area contributed by atoms with Crippen LogP contribution in [0.5, 0.6) is 11.5 Å². The molecule has 0 aliphatic carbocycles. The van der Waals surface area contributed by atoms with Crippen molar-refractivity contribution in [3.05, 3.63) is 124 Å². The minimum absolute atomic E-state index is 0.00512. The molecule has 6 heterocycles. The maximum absolute atomic E-state index is 14.7. The Morgan fingerprint density at radius 1 is 0.679 bits per heavy atom. The molecule has 10 rings (SSSR count). The molecule has 0 radical (unpaired) electrons. The number of amides is 12. The number of carbonyl (C=O) groups is 11. The number of ether oxygens (including phenoxy) is 7. The Labute approximate surface area is 637 Å². The van der Waals surface area contributed by atoms with Gasteiger partial charge in [0.05, 0.1) is 69.8 Å². The van der Waals surface area contributed by atoms with Crippen molar-refractivity contribution in [3.8, 4) is 11.5 Å². The van der Waals surface area contributed by atoms with Gasteiger partial charge in [0.2, 0.25) is 23.6 Å². The molecule has 0 spiro atoms. The number of imide groups is 1. The molecule has 109 heavy (non-hydrogen) atoms. The molecule has 0 unspecified atom stereocenters. The number of nitrogens with one attached hydrogen (secondary N) is 8. The number of hydrogen-bond acceptors (Lipinski definition) is 20. The molecule has 10 N–H and O–H groups in total. The lowest BCUT2D eigenvalue weighted by atomic mass is 9.97. The van der Waals surface area contributed by atoms with Crippen LogP contribution < -0.4 is 52.0 Å². The molecular weight excluding hydrogens is 1450 g/mol. The fourth-order valence-corrected chi connectivity index (χ4v) is 13.6. The van der Waals surface area contributed by atoms with Crippen molar-refractivity contribution in [3.63, 3.8) is 0 Å². The molecule has 2 atom stereocenters. The summed E-state index contributed by atoms with van der Waals surface area (Å²) < 4.78 is 40.2. The average Bonchev–Trinajstić information content (AvgIpc) is 1.58. The third-order valence-electron chi connectivity index (χ3n) is 18.2. The van der Waals surface area contributed by atoms with E-state index in [0.717, 1.165) is 69.9 Å². The summed E-state index contributed by atoms with van der Waals surface area (Å²) in [5.41, 5.74) is 11.2. The van der Waals surface area contributed by atoms with Crippen molar-refractivity contribution in [2.45, 2.75) is 64.0 Å². The van der Waals surface area contributed by atoms with Crippen molar-refractivity contribution < 1.29 is 85.9 Å². The Bertz CT molecular complexity index is 4430. The molecule has 0 saturated carbocycles. The highest BCUT2D eigenvalue weighted by molar-refractivity contribution is 7.17. The summed E-state index contributed by atoms with van der Waals surface area (Å²) in [5.74, 6) is -2.59. The topological polar surface area (TPSA) is 398 Å². The zero-order valence-electron chi connectivity index (χ0n) is 60.9. The summed E-state index contributed by atoms with van der Waals surface area (Å²) >= 11 is 8.06. The van der Waals surface area contributed by atoms with E-state index >= 15 is 0 Å². The normalized spacial score (nSPS) is 14.3. The highest BCUT2D eigenvalue weighted by atomic mass is 35.5. The molecule has 1 saturated heterocycles. The van der Waals surface area contributed by atoms with E-state index in [1.165, 1.54) is 48.1 Å². The number of likely N-dealkylation sites (tertiary alicyclic amines) is 1. The number of anilines is 3. The average molecular weight is 1540 g/mol. The smallest absolute Gasteiger partial charge is 0.415 e. The lowest BCUT2D eigenvalue weighted by molar-refractivity contribution is -0.137. The van der Waals surface area contributed by atoms with E-state index in [1.54, 1.807) is 65.6 Å². The summed E-state index contributed by atoms with van der Waals surface area (Å²) in [4.78, 5) is 155. The number of thiophene rings is 1. The Kier molecular flexibility index (Phi) is 29.6. The number of benzene rings is 4. The largest absolute Gasteiger partial charge is 0.492 e. The van der Waals surface area contributed by atoms with Gasteiger partial charge in [-0.2, -0.15) is 0 Å². The lowest BCUT2D eigenvalue weighted by Crippen LogP contribution is -2.47. The molecule has 7 aromatic rings. The van der Waals surface area contributed by atoms with Gasteiger partial charge in [-0.25, -0.2) is 14.4 Å². The van der Waals surface area contributed by atoms with Crippen LogP contribution in [-0.4, -0.2) is 246 Å². The number of fused-ring (bicyclic) bond motifs is 5. The predicted octanol–water partition coefficient (Wildman–Crippen LogP) is 6.46. The van der Waals surface area contributed by atoms with E-state index < -0.39 is 60.3 Å². The number of likely N-dealkylation sites (N-methyl/N-ethyl adjacent to an activating group) is 2. The quantitative estimate of drug-likeness (QED) is 0.0113. The number of nitrogens with two attached hydrogens (primary N) is 1. The minimum atomic E-state index is -1.08. The van der Waals surface area contributed by atoms with Crippen molar-refractivity contribution in [1.29, 1.82) is 0 Å². The molecule has 4 aromatic carbocycles. The van der Waals surface area contributed by atoms with Crippen LogP contribution in [0.25, 0.3) is 31.9 Å². The van der Waals surface area contributed by atoms with Gasteiger partial charge in [0.15, 0.2) is 5.75 Å². The standard InChI is InChI=1S/C75H91ClN14O18S/c1-47-46-109-69-61(41-60-68(67(47)69)51(42-76)44-90(60)72(98)59-40-49-37-53(12-14-55(49)84-59)82-71(97)58-39-50-38-54(13-15-56(50)83-58)106-30-27-88-22-4-5-23-88)108-75(101)87(3)26-25-86(2)74(100)107-45-48-8-10-52(11-9-48)81-70(96)57(7-6-20-79-73(77)99)85-64(93)43-80-63(92)19-28-102-31-33-104-35-36-105-34-32-103-29-21-78-62(91)18-24-89-65(94)16-17-66(89)95/h8-17,37-41,46,51,57,83-84H,4-7,18-36,42-45H2,1-3H3,(H,78,91)(H,80,92)(H,81,96)(H,82,97)(H,85,93)(H3,77,79,99)/t51-,57+/m1/s1. The van der Waals surface area contributed by atoms with Gasteiger partial charge >= 0.3 is 18.2 Å². The van der Waals surface area contributed by atoms with Crippen LogP contribution in [0.3, 0.4) is 0 Å². The molecule has 3 aromatic heterocycles. The van der Waals surface area contributed by atoms with Gasteiger partial charge in [-0.15, -0.1) is 22.9 Å². The third-order valence-corrected chi connectivity index (χ3v) is 19.7. The molecule has 34 heteroatoms. The Morgan fingerprint density at radius 2 is 1.32 bits per heavy atom. The van der Waals surface area contributed by atoms with Crippen LogP contribution >= 0.6 is 22.9 Å². The van der Waals surface area contributed by atoms with Crippen LogP contribution in [0.2, 0.25) is 0 Å². The van der Waals surface area contributed by atoms with Gasteiger partial charge in [0, 0.05) is 141 Å². The second-order valence-electron chi connectivity index (χ2n) is 26.2. The number of halogens is 1. The highest BCUT2D eigenvalue weighted by Gasteiger charge is 2.37. The lowest BCUT2D eigenvalue weighted by Gasteiger charge is -2.22. The molecule has 1 fully saturated rings. The summed E-state index contributed by atoms with van der Waals surface area (Å²) in [7, 11) is 3.06. The molecule has 0 bridgehead atoms. The van der Waals surface area contributed by atoms with Gasteiger partial charge in [-0.1, -0.05) is 12.1 Å². The zero-order chi connectivity index (χ0) is 77.3. The van der Waals surface area contributed by atoms with Crippen molar-refractivity contribution in [2.75, 3.05) is 160 Å². The highest BCUT2D eigenvalue weighted by Crippen LogP contribution is 2.49. The number of aromatic amines is 2. The summed E-state index contributed by atoms with van der Waals surface area (Å²) in [6.45, 7) is 7.71. The van der Waals surface area contributed by atoms with E-state index in [9.17, 15) is 52.7 Å². The fraction of sp³-hybridized carbons (Fsp3) is 0.427. The molecular formula is C75H91ClN14O18S. The second-order valence-corrected chi connectivity index (χ2v) is 27.4. The molecule has 3 aliphatic heterocycles. The first-order valence-electron chi connectivity index (χ1n) is 35.9. The van der Waals surface area contributed by atoms with E-state index in [4.69, 9.17) is 50.5 Å². The summed E-state index contributed by atoms with van der Waals surface area (Å²) in [5, 5.41) is 20.3. The van der Waals surface area contributed by atoms with Crippen LogP contribution in [0.4, 0.5) is 31.4 Å². The zero-order valence-corrected chi connectivity index (χ0v) is 62.5. The number of hydrogen-bond donors (Lipinski definition) is 9. The monoisotopic (exact) mass is 1540 g/mol. The molecule has 32 nitrogen and oxygen atoms in total. The van der Waals surface area contributed by atoms with Gasteiger partial charge < -0.3 is 95.5 Å². The number of alkyl halides is 1. The first-order valence-corrected chi connectivity index (χ1v) is 37.4. The maximum Gasteiger partial charge on any atom is 0.415 e. The van der Waals surface area contributed by atoms with E-state index in [1.807, 2.05) is 30.5 Å². The number of H-pyrrole nitrogens is 2. The van der Waals surface area contributed by atoms with Crippen LogP contribution in [0, 0.1) is 6.92 Å². The number of aryl methyl sites for hydroxylation is 1. The van der Waals surface area contributed by atoms with Gasteiger partial charge in [-0.05, 0) is 128 Å². The summed E-state index contributed by atoms with van der Waals surface area (Å²) in [6.07, 6.45) is 3.68. The predicted molar refractivity (Wildman–Crippen MR) is 407 cm³/mol. The Morgan fingerprint density at radius 3 is 2.03 bits per heavy atom. The van der Waals surface area contributed by atoms with Crippen LogP contribution in [0.1, 0.15) is 82.1 Å². The van der Waals surface area contributed by atoms with E-state index in [-0.39, 0.29) is 146 Å². The first-order chi connectivity index (χ1) is 52.7. The van der Waals surface area contributed by atoms with Gasteiger partial charge in [0.25, 0.3) is 23.6 Å². The van der Waals surface area contributed by atoms with E-state index in [2.05, 4.69) is 46.8 Å². The Balaban J connectivity index is 0.618. The first kappa shape index (κ1) is 80.9. The van der Waals surface area contributed by atoms with E-state index in [0.29, 0.717) is 69.4 Å². The number of aromatic nitrogens is 2. The third kappa shape index (κ3) is 23.2. The summed E-state index contributed by atoms with van der Waals surface area (Å²) in [6, 6.07) is 20.9. The minimum Gasteiger partial charge on any atom is -0.492 e. The maximum atomic E-state index is 14.7. The SMILES string of the molecule is Cc1csc2c(OC(=O)N(C)CCN(C)C(=O)OCc3ccc(NC(=O)[C@H](CCCNC(N)=O)NC(=O)CNC(=O)CCOCCOCCOCCOCCNC(=O)CCN4C(=O)C=CC4=O)cc3)cc3c(c12)[C@H](CCl)CN3C(=O)c1cc2cc(NC(=O)c3cc4cc(OCCN5CCCC5)ccc4[nH]3)ccc2[nH]1. The fourth-order valence-electron chi connectivity index (χ4n) is 12.4. The molecule has 12 amide bonds. The number of urea groups is 1. The van der Waals surface area contributed by atoms with Crippen LogP contribution in [0.15, 0.2) is 96.4 Å². The molecule has 3 aliphatic rings. The van der Waals surface area contributed by atoms with Crippen molar-refractivity contribution >= 4 is 137 Å². The second kappa shape index (κ2) is 40.0. The van der Waals surface area contributed by atoms with Gasteiger partial charge in [-0.3, -0.25) is 48.2 Å². The van der Waals surface area contributed by atoms with Crippen molar-refractivity contribution in [2.24, 2.45) is 5.73 Å². The van der Waals surface area contributed by atoms with Crippen LogP contribution in [-0.2, 0) is 59.1 Å². The number of rotatable bonds is 41. The number of nitrogens with zero attached hydrogens (tertiary/aromatic N) is 5.